The number of pyridine rings is 1. The zero-order valence-electron chi connectivity index (χ0n) is 12.0. The van der Waals surface area contributed by atoms with Gasteiger partial charge in [0.25, 0.3) is 0 Å². The molecule has 21 heavy (non-hydrogen) atoms. The van der Waals surface area contributed by atoms with Crippen molar-refractivity contribution in [2.45, 2.75) is 6.42 Å². The predicted octanol–water partition coefficient (Wildman–Crippen LogP) is 1.31. The molecule has 2 rings (SSSR count). The molecule has 1 fully saturated rings. The average molecular weight is 337 g/mol. The zero-order valence-corrected chi connectivity index (χ0v) is 13.6. The van der Waals surface area contributed by atoms with Gasteiger partial charge in [0.05, 0.1) is 25.1 Å². The topological polar surface area (TPSA) is 66.5 Å². The lowest BCUT2D eigenvalue weighted by Crippen LogP contribution is -2.36. The van der Waals surface area contributed by atoms with Crippen LogP contribution in [0.2, 0.25) is 0 Å². The van der Waals surface area contributed by atoms with E-state index in [9.17, 15) is 4.79 Å². The van der Waals surface area contributed by atoms with E-state index < -0.39 is 0 Å². The number of halogens is 2. The van der Waals surface area contributed by atoms with Gasteiger partial charge < -0.3 is 20.3 Å². The van der Waals surface area contributed by atoms with Gasteiger partial charge in [-0.15, -0.1) is 24.8 Å². The van der Waals surface area contributed by atoms with Crippen LogP contribution in [-0.4, -0.2) is 50.8 Å². The number of amides is 1. The molecule has 1 saturated heterocycles. The molecular weight excluding hydrogens is 315 g/mol. The van der Waals surface area contributed by atoms with Gasteiger partial charge in [0.15, 0.2) is 0 Å². The van der Waals surface area contributed by atoms with Crippen molar-refractivity contribution in [3.63, 3.8) is 0 Å². The fourth-order valence-corrected chi connectivity index (χ4v) is 1.91. The SMILES string of the molecule is CNCCC(=O)Nc1ccc(N2CCOCC2)cn1.Cl.Cl. The van der Waals surface area contributed by atoms with Crippen molar-refractivity contribution in [1.29, 1.82) is 0 Å². The molecule has 0 aromatic carbocycles. The van der Waals surface area contributed by atoms with E-state index >= 15 is 0 Å². The Balaban J connectivity index is 0.00000200. The lowest BCUT2D eigenvalue weighted by Gasteiger charge is -2.28. The van der Waals surface area contributed by atoms with Gasteiger partial charge in [0, 0.05) is 26.1 Å². The Labute approximate surface area is 137 Å². The molecule has 0 aliphatic carbocycles. The van der Waals surface area contributed by atoms with Gasteiger partial charge in [-0.05, 0) is 19.2 Å². The summed E-state index contributed by atoms with van der Waals surface area (Å²) in [4.78, 5) is 18.0. The van der Waals surface area contributed by atoms with Crippen LogP contribution in [0.3, 0.4) is 0 Å². The maximum Gasteiger partial charge on any atom is 0.226 e. The summed E-state index contributed by atoms with van der Waals surface area (Å²) in [5, 5.41) is 5.71. The van der Waals surface area contributed by atoms with Crippen LogP contribution in [0, 0.1) is 0 Å². The summed E-state index contributed by atoms with van der Waals surface area (Å²) in [6.45, 7) is 3.94. The van der Waals surface area contributed by atoms with Gasteiger partial charge in [-0.25, -0.2) is 4.98 Å². The monoisotopic (exact) mass is 336 g/mol. The second-order valence-corrected chi connectivity index (χ2v) is 4.40. The summed E-state index contributed by atoms with van der Waals surface area (Å²) in [6.07, 6.45) is 2.24. The fourth-order valence-electron chi connectivity index (χ4n) is 1.91. The van der Waals surface area contributed by atoms with E-state index in [0.717, 1.165) is 32.0 Å². The van der Waals surface area contributed by atoms with Gasteiger partial charge >= 0.3 is 0 Å². The zero-order chi connectivity index (χ0) is 13.5. The Morgan fingerprint density at radius 3 is 2.62 bits per heavy atom. The number of rotatable bonds is 5. The summed E-state index contributed by atoms with van der Waals surface area (Å²) >= 11 is 0. The van der Waals surface area contributed by atoms with Crippen LogP contribution in [0.25, 0.3) is 0 Å². The number of anilines is 2. The third-order valence-corrected chi connectivity index (χ3v) is 2.99. The first-order chi connectivity index (χ1) is 9.29. The summed E-state index contributed by atoms with van der Waals surface area (Å²) in [5.74, 6) is 0.569. The van der Waals surface area contributed by atoms with Gasteiger partial charge in [0.1, 0.15) is 5.82 Å². The van der Waals surface area contributed by atoms with Gasteiger partial charge in [-0.1, -0.05) is 0 Å². The highest BCUT2D eigenvalue weighted by Crippen LogP contribution is 2.16. The number of nitrogens with one attached hydrogen (secondary N) is 2. The van der Waals surface area contributed by atoms with Crippen molar-refractivity contribution in [2.24, 2.45) is 0 Å². The molecule has 0 unspecified atom stereocenters. The molecular formula is C13H22Cl2N4O2. The van der Waals surface area contributed by atoms with Gasteiger partial charge in [-0.3, -0.25) is 4.79 Å². The van der Waals surface area contributed by atoms with Gasteiger partial charge in [0.2, 0.25) is 5.91 Å². The molecule has 0 radical (unpaired) electrons. The first-order valence-electron chi connectivity index (χ1n) is 6.53. The van der Waals surface area contributed by atoms with Crippen LogP contribution in [0.4, 0.5) is 11.5 Å². The first-order valence-corrected chi connectivity index (χ1v) is 6.53. The third kappa shape index (κ3) is 6.48. The Hall–Kier alpha value is -1.08. The minimum absolute atomic E-state index is 0. The Bertz CT molecular complexity index is 411. The first kappa shape index (κ1) is 19.9. The van der Waals surface area contributed by atoms with Gasteiger partial charge in [-0.2, -0.15) is 0 Å². The normalized spacial score (nSPS) is 13.9. The molecule has 1 aliphatic rings. The largest absolute Gasteiger partial charge is 0.378 e. The second-order valence-electron chi connectivity index (χ2n) is 4.40. The van der Waals surface area contributed by atoms with Crippen molar-refractivity contribution < 1.29 is 9.53 Å². The maximum absolute atomic E-state index is 11.5. The molecule has 120 valence electrons. The minimum Gasteiger partial charge on any atom is -0.378 e. The third-order valence-electron chi connectivity index (χ3n) is 2.99. The smallest absolute Gasteiger partial charge is 0.226 e. The quantitative estimate of drug-likeness (QED) is 0.848. The van der Waals surface area contributed by atoms with Crippen LogP contribution in [-0.2, 0) is 9.53 Å². The molecule has 0 spiro atoms. The molecule has 1 aromatic heterocycles. The molecule has 0 saturated carbocycles. The lowest BCUT2D eigenvalue weighted by molar-refractivity contribution is -0.116. The number of carbonyl (C=O) groups excluding carboxylic acids is 1. The fraction of sp³-hybridized carbons (Fsp3) is 0.538. The van der Waals surface area contributed by atoms with E-state index in [1.165, 1.54) is 0 Å². The number of ether oxygens (including phenoxy) is 1. The highest BCUT2D eigenvalue weighted by atomic mass is 35.5. The van der Waals surface area contributed by atoms with E-state index in [-0.39, 0.29) is 30.7 Å². The molecule has 6 nitrogen and oxygen atoms in total. The van der Waals surface area contributed by atoms with E-state index in [0.29, 0.717) is 18.8 Å². The van der Waals surface area contributed by atoms with Crippen LogP contribution < -0.4 is 15.5 Å². The van der Waals surface area contributed by atoms with Crippen LogP contribution >= 0.6 is 24.8 Å². The van der Waals surface area contributed by atoms with E-state index in [1.807, 2.05) is 19.2 Å². The number of hydrogen-bond acceptors (Lipinski definition) is 5. The van der Waals surface area contributed by atoms with Crippen LogP contribution in [0.15, 0.2) is 18.3 Å². The van der Waals surface area contributed by atoms with Crippen molar-refractivity contribution in [1.82, 2.24) is 10.3 Å². The lowest BCUT2D eigenvalue weighted by atomic mass is 10.3. The van der Waals surface area contributed by atoms with Crippen molar-refractivity contribution in [3.05, 3.63) is 18.3 Å². The number of carbonyl (C=O) groups is 1. The summed E-state index contributed by atoms with van der Waals surface area (Å²) in [5.41, 5.74) is 1.07. The molecule has 0 atom stereocenters. The molecule has 2 N–H and O–H groups in total. The Morgan fingerprint density at radius 2 is 2.05 bits per heavy atom. The van der Waals surface area contributed by atoms with Crippen molar-refractivity contribution in [3.8, 4) is 0 Å². The summed E-state index contributed by atoms with van der Waals surface area (Å²) in [6, 6.07) is 3.81. The number of nitrogens with zero attached hydrogens (tertiary/aromatic N) is 2. The molecule has 0 bridgehead atoms. The number of aromatic nitrogens is 1. The second kappa shape index (κ2) is 10.6. The highest BCUT2D eigenvalue weighted by Gasteiger charge is 2.11. The molecule has 1 aliphatic heterocycles. The van der Waals surface area contributed by atoms with E-state index in [2.05, 4.69) is 20.5 Å². The Morgan fingerprint density at radius 1 is 1.33 bits per heavy atom. The minimum atomic E-state index is -0.0269. The van der Waals surface area contributed by atoms with Crippen LogP contribution in [0.5, 0.6) is 0 Å². The molecule has 1 amide bonds. The number of hydrogen-bond donors (Lipinski definition) is 2. The number of morpholine rings is 1. The average Bonchev–Trinajstić information content (AvgIpc) is 2.47. The van der Waals surface area contributed by atoms with E-state index in [1.54, 1.807) is 6.20 Å². The predicted molar refractivity (Wildman–Crippen MR) is 88.9 cm³/mol. The van der Waals surface area contributed by atoms with E-state index in [4.69, 9.17) is 4.74 Å². The van der Waals surface area contributed by atoms with Crippen LogP contribution in [0.1, 0.15) is 6.42 Å². The van der Waals surface area contributed by atoms with Crippen molar-refractivity contribution in [2.75, 3.05) is 50.1 Å². The molecule has 8 heteroatoms. The summed E-state index contributed by atoms with van der Waals surface area (Å²) in [7, 11) is 1.82. The molecule has 2 heterocycles. The van der Waals surface area contributed by atoms with Crippen molar-refractivity contribution >= 4 is 42.2 Å². The maximum atomic E-state index is 11.5. The molecule has 1 aromatic rings. The standard InChI is InChI=1S/C13H20N4O2.2ClH/c1-14-5-4-13(18)16-12-3-2-11(10-15-12)17-6-8-19-9-7-17;;/h2-3,10,14H,4-9H2,1H3,(H,15,16,18);2*1H. The highest BCUT2D eigenvalue weighted by molar-refractivity contribution is 5.89. The summed E-state index contributed by atoms with van der Waals surface area (Å²) < 4.78 is 5.31. The Kier molecular flexibility index (Phi) is 10.1.